The van der Waals surface area contributed by atoms with Crippen LogP contribution in [0.1, 0.15) is 48.0 Å². The molecule has 1 fully saturated rings. The quantitative estimate of drug-likeness (QED) is 0.752. The Morgan fingerprint density at radius 3 is 2.37 bits per heavy atom. The van der Waals surface area contributed by atoms with Crippen molar-refractivity contribution in [1.82, 2.24) is 5.32 Å². The zero-order chi connectivity index (χ0) is 14.8. The van der Waals surface area contributed by atoms with E-state index < -0.39 is 23.4 Å². The molecule has 0 saturated carbocycles. The average molecular weight is 273 g/mol. The van der Waals surface area contributed by atoms with Gasteiger partial charge in [0.05, 0.1) is 12.6 Å². The molecule has 1 saturated heterocycles. The number of carbonyl (C=O) groups is 1. The third-order valence-corrected chi connectivity index (χ3v) is 3.03. The number of ether oxygens (including phenoxy) is 2. The van der Waals surface area contributed by atoms with Gasteiger partial charge in [0, 0.05) is 0 Å². The lowest BCUT2D eigenvalue weighted by Crippen LogP contribution is -2.51. The first kappa shape index (κ1) is 16.2. The number of nitrogens with one attached hydrogen (secondary N) is 1. The van der Waals surface area contributed by atoms with Crippen LogP contribution in [0.25, 0.3) is 0 Å². The number of alkyl carbamates (subject to hydrolysis) is 1. The second kappa shape index (κ2) is 5.67. The topological polar surface area (TPSA) is 71.1 Å². The van der Waals surface area contributed by atoms with E-state index >= 15 is 0 Å². The van der Waals surface area contributed by atoms with Crippen LogP contribution in [0.4, 0.5) is 4.79 Å². The van der Waals surface area contributed by atoms with Gasteiger partial charge in [-0.1, -0.05) is 13.8 Å². The Bertz CT molecular complexity index is 318. The van der Waals surface area contributed by atoms with Gasteiger partial charge in [-0.25, -0.2) is 4.79 Å². The van der Waals surface area contributed by atoms with Crippen molar-refractivity contribution in [2.24, 2.45) is 5.92 Å². The van der Waals surface area contributed by atoms with Crippen molar-refractivity contribution in [2.75, 3.05) is 6.61 Å². The summed E-state index contributed by atoms with van der Waals surface area (Å²) in [5, 5.41) is 13.1. The standard InChI is InChI=1S/C14H27NO4/c1-9(2)7-10(11(16)14(6)8-18-14)15-12(17)19-13(3,4)5/h9-11,16H,7-8H2,1-6H3,(H,15,17)/t10?,11?,14-/m0/s1. The largest absolute Gasteiger partial charge is 0.444 e. The molecule has 3 atom stereocenters. The van der Waals surface area contributed by atoms with Gasteiger partial charge >= 0.3 is 6.09 Å². The van der Waals surface area contributed by atoms with Crippen LogP contribution >= 0.6 is 0 Å². The van der Waals surface area contributed by atoms with Gasteiger partial charge < -0.3 is 19.9 Å². The fourth-order valence-corrected chi connectivity index (χ4v) is 1.94. The summed E-state index contributed by atoms with van der Waals surface area (Å²) >= 11 is 0. The number of carbonyl (C=O) groups excluding carboxylic acids is 1. The Morgan fingerprint density at radius 2 is 2.00 bits per heavy atom. The van der Waals surface area contributed by atoms with Crippen LogP contribution in [-0.4, -0.2) is 41.2 Å². The first-order valence-corrected chi connectivity index (χ1v) is 6.85. The molecule has 1 heterocycles. The number of hydrogen-bond donors (Lipinski definition) is 2. The Morgan fingerprint density at radius 1 is 1.47 bits per heavy atom. The van der Waals surface area contributed by atoms with Crippen molar-refractivity contribution in [3.05, 3.63) is 0 Å². The highest BCUT2D eigenvalue weighted by atomic mass is 16.6. The van der Waals surface area contributed by atoms with Crippen molar-refractivity contribution in [3.8, 4) is 0 Å². The van der Waals surface area contributed by atoms with Crippen LogP contribution < -0.4 is 5.32 Å². The van der Waals surface area contributed by atoms with Crippen molar-refractivity contribution in [2.45, 2.75) is 71.3 Å². The Hall–Kier alpha value is -0.810. The molecule has 0 radical (unpaired) electrons. The van der Waals surface area contributed by atoms with Crippen molar-refractivity contribution < 1.29 is 19.4 Å². The van der Waals surface area contributed by atoms with Gasteiger partial charge in [-0.2, -0.15) is 0 Å². The van der Waals surface area contributed by atoms with E-state index in [1.54, 1.807) is 0 Å². The maximum atomic E-state index is 11.8. The fourth-order valence-electron chi connectivity index (χ4n) is 1.94. The van der Waals surface area contributed by atoms with E-state index in [-0.39, 0.29) is 6.04 Å². The summed E-state index contributed by atoms with van der Waals surface area (Å²) in [6, 6.07) is -0.359. The first-order chi connectivity index (χ1) is 8.53. The van der Waals surface area contributed by atoms with E-state index in [9.17, 15) is 9.90 Å². The van der Waals surface area contributed by atoms with Crippen LogP contribution in [0.15, 0.2) is 0 Å². The molecular formula is C14H27NO4. The molecule has 19 heavy (non-hydrogen) atoms. The van der Waals surface area contributed by atoms with Crippen LogP contribution in [0.3, 0.4) is 0 Å². The molecule has 1 aliphatic rings. The molecule has 112 valence electrons. The van der Waals surface area contributed by atoms with Crippen molar-refractivity contribution in [1.29, 1.82) is 0 Å². The molecule has 0 aromatic carbocycles. The van der Waals surface area contributed by atoms with E-state index in [2.05, 4.69) is 5.32 Å². The highest BCUT2D eigenvalue weighted by Crippen LogP contribution is 2.33. The molecule has 0 bridgehead atoms. The molecule has 1 amide bonds. The maximum Gasteiger partial charge on any atom is 0.407 e. The minimum atomic E-state index is -0.720. The Balaban J connectivity index is 2.62. The highest BCUT2D eigenvalue weighted by molar-refractivity contribution is 5.68. The smallest absolute Gasteiger partial charge is 0.407 e. The van der Waals surface area contributed by atoms with Crippen LogP contribution in [0.5, 0.6) is 0 Å². The summed E-state index contributed by atoms with van der Waals surface area (Å²) in [7, 11) is 0. The van der Waals surface area contributed by atoms with E-state index in [0.717, 1.165) is 0 Å². The number of rotatable bonds is 5. The predicted octanol–water partition coefficient (Wildman–Crippen LogP) is 2.08. The molecule has 5 nitrogen and oxygen atoms in total. The second-order valence-electron chi connectivity index (χ2n) is 6.93. The minimum absolute atomic E-state index is 0.358. The monoisotopic (exact) mass is 273 g/mol. The number of hydrogen-bond acceptors (Lipinski definition) is 4. The zero-order valence-electron chi connectivity index (χ0n) is 12.8. The summed E-state index contributed by atoms with van der Waals surface area (Å²) in [5.74, 6) is 0.358. The van der Waals surface area contributed by atoms with Gasteiger partial charge in [0.1, 0.15) is 17.3 Å². The number of aliphatic hydroxyl groups is 1. The second-order valence-corrected chi connectivity index (χ2v) is 6.93. The van der Waals surface area contributed by atoms with Gasteiger partial charge in [0.2, 0.25) is 0 Å². The van der Waals surface area contributed by atoms with Crippen molar-refractivity contribution >= 4 is 6.09 Å². The number of aliphatic hydroxyl groups excluding tert-OH is 1. The first-order valence-electron chi connectivity index (χ1n) is 6.85. The molecule has 0 aromatic rings. The van der Waals surface area contributed by atoms with E-state index in [0.29, 0.717) is 18.9 Å². The van der Waals surface area contributed by atoms with E-state index in [1.807, 2.05) is 41.5 Å². The third kappa shape index (κ3) is 5.37. The van der Waals surface area contributed by atoms with Crippen LogP contribution in [0.2, 0.25) is 0 Å². The Kier molecular flexibility index (Phi) is 4.85. The molecule has 1 aliphatic heterocycles. The van der Waals surface area contributed by atoms with Crippen molar-refractivity contribution in [3.63, 3.8) is 0 Å². The molecule has 0 aliphatic carbocycles. The lowest BCUT2D eigenvalue weighted by Gasteiger charge is -2.29. The van der Waals surface area contributed by atoms with Gasteiger partial charge in [-0.05, 0) is 40.0 Å². The average Bonchev–Trinajstić information content (AvgIpc) is 2.92. The summed E-state index contributed by atoms with van der Waals surface area (Å²) in [6.07, 6.45) is -0.539. The normalized spacial score (nSPS) is 25.9. The molecular weight excluding hydrogens is 246 g/mol. The highest BCUT2D eigenvalue weighted by Gasteiger charge is 2.50. The molecule has 0 spiro atoms. The van der Waals surface area contributed by atoms with Gasteiger partial charge in [-0.3, -0.25) is 0 Å². The summed E-state index contributed by atoms with van der Waals surface area (Å²) in [6.45, 7) is 11.9. The SMILES string of the molecule is CC(C)CC(NC(=O)OC(C)(C)C)C(O)[C@]1(C)CO1. The van der Waals surface area contributed by atoms with E-state index in [1.165, 1.54) is 0 Å². The predicted molar refractivity (Wildman–Crippen MR) is 73.0 cm³/mol. The molecule has 2 unspecified atom stereocenters. The third-order valence-electron chi connectivity index (χ3n) is 3.03. The van der Waals surface area contributed by atoms with Gasteiger partial charge in [-0.15, -0.1) is 0 Å². The lowest BCUT2D eigenvalue weighted by molar-refractivity contribution is 0.0228. The maximum absolute atomic E-state index is 11.8. The van der Waals surface area contributed by atoms with Crippen LogP contribution in [-0.2, 0) is 9.47 Å². The molecule has 1 rings (SSSR count). The number of amides is 1. The lowest BCUT2D eigenvalue weighted by atomic mass is 9.92. The van der Waals surface area contributed by atoms with E-state index in [4.69, 9.17) is 9.47 Å². The number of epoxide rings is 1. The fraction of sp³-hybridized carbons (Fsp3) is 0.929. The molecule has 2 N–H and O–H groups in total. The van der Waals surface area contributed by atoms with Gasteiger partial charge in [0.15, 0.2) is 0 Å². The molecule has 0 aromatic heterocycles. The summed E-state index contributed by atoms with van der Waals surface area (Å²) in [5.41, 5.74) is -1.08. The minimum Gasteiger partial charge on any atom is -0.444 e. The molecule has 5 heteroatoms. The van der Waals surface area contributed by atoms with Crippen LogP contribution in [0, 0.1) is 5.92 Å². The zero-order valence-corrected chi connectivity index (χ0v) is 12.8. The summed E-state index contributed by atoms with van der Waals surface area (Å²) in [4.78, 5) is 11.8. The van der Waals surface area contributed by atoms with Gasteiger partial charge in [0.25, 0.3) is 0 Å². The Labute approximate surface area is 115 Å². The summed E-state index contributed by atoms with van der Waals surface area (Å²) < 4.78 is 10.5.